The molecule has 0 fully saturated rings. The van der Waals surface area contributed by atoms with Crippen molar-refractivity contribution < 1.29 is 107 Å². The van der Waals surface area contributed by atoms with E-state index in [0.29, 0.717) is 12.8 Å². The molecular weight excluding hydrogens is 501 g/mol. The summed E-state index contributed by atoms with van der Waals surface area (Å²) in [6, 6.07) is 0. The Hall–Kier alpha value is 0.390. The van der Waals surface area contributed by atoms with Crippen LogP contribution in [0.2, 0.25) is 0 Å². The van der Waals surface area contributed by atoms with Crippen LogP contribution < -0.4 is 68.9 Å². The quantitative estimate of drug-likeness (QED) is 0.0785. The minimum Gasteiger partial charge on any atom is -0.780 e. The van der Waals surface area contributed by atoms with Crippen molar-refractivity contribution in [2.45, 2.75) is 103 Å². The zero-order chi connectivity index (χ0) is 24.9. The number of unbranched alkanes of at least 4 members (excludes halogenated alkanes) is 8. The van der Waals surface area contributed by atoms with Crippen LogP contribution in [0.15, 0.2) is 11.5 Å². The summed E-state index contributed by atoms with van der Waals surface area (Å²) < 4.78 is 24.5. The van der Waals surface area contributed by atoms with Crippen LogP contribution in [0.1, 0.15) is 90.9 Å². The Kier molecular flexibility index (Phi) is 21.8. The molecule has 0 spiro atoms. The fourth-order valence-electron chi connectivity index (χ4n) is 3.66. The van der Waals surface area contributed by atoms with Gasteiger partial charge in [0.1, 0.15) is 20.5 Å². The average Bonchev–Trinajstić information content (AvgIpc) is 3.02. The van der Waals surface area contributed by atoms with Gasteiger partial charge in [0.05, 0.1) is 5.92 Å². The van der Waals surface area contributed by atoms with Crippen LogP contribution in [0.5, 0.6) is 0 Å². The van der Waals surface area contributed by atoms with Crippen LogP contribution >= 0.6 is 7.82 Å². The number of carbonyl (C=O) groups excluding carboxylic acids is 2. The van der Waals surface area contributed by atoms with E-state index < -0.39 is 50.1 Å². The van der Waals surface area contributed by atoms with E-state index in [2.05, 4.69) is 23.1 Å². The summed E-state index contributed by atoms with van der Waals surface area (Å²) in [5.74, 6) is -4.45. The number of carbonyl (C=O) groups is 2. The molecule has 35 heavy (non-hydrogen) atoms. The van der Waals surface area contributed by atoms with Gasteiger partial charge >= 0.3 is 71.1 Å². The summed E-state index contributed by atoms with van der Waals surface area (Å²) in [4.78, 5) is 45.6. The van der Waals surface area contributed by atoms with E-state index in [1.807, 2.05) is 0 Å². The van der Waals surface area contributed by atoms with Crippen LogP contribution in [0.4, 0.5) is 0 Å². The van der Waals surface area contributed by atoms with Crippen molar-refractivity contribution in [3.63, 3.8) is 0 Å². The van der Waals surface area contributed by atoms with Crippen LogP contribution in [0.25, 0.3) is 0 Å². The summed E-state index contributed by atoms with van der Waals surface area (Å²) in [6.07, 6.45) is 8.64. The van der Waals surface area contributed by atoms with Crippen LogP contribution in [0.3, 0.4) is 0 Å². The van der Waals surface area contributed by atoms with Gasteiger partial charge in [-0.1, -0.05) is 78.1 Å². The molecule has 0 amide bonds. The number of phosphoric ester groups is 1. The van der Waals surface area contributed by atoms with Crippen molar-refractivity contribution in [2.75, 3.05) is 6.61 Å². The van der Waals surface area contributed by atoms with Gasteiger partial charge in [0.15, 0.2) is 11.9 Å². The molecule has 0 aromatic carbocycles. The summed E-state index contributed by atoms with van der Waals surface area (Å²) in [5.41, 5.74) is 0. The Morgan fingerprint density at radius 2 is 1.49 bits per heavy atom. The predicted octanol–water partition coefficient (Wildman–Crippen LogP) is -3.22. The Bertz CT molecular complexity index is 698. The first-order chi connectivity index (χ1) is 15.6. The normalized spacial score (nSPS) is 17.2. The van der Waals surface area contributed by atoms with E-state index in [9.17, 15) is 34.2 Å². The van der Waals surface area contributed by atoms with Crippen LogP contribution in [0, 0.1) is 5.92 Å². The number of esters is 2. The molecule has 192 valence electrons. The molecule has 0 saturated carbocycles. The number of hydrogen-bond acceptors (Lipinski definition) is 10. The van der Waals surface area contributed by atoms with Crippen molar-refractivity contribution in [1.29, 1.82) is 0 Å². The van der Waals surface area contributed by atoms with E-state index in [4.69, 9.17) is 4.74 Å². The molecule has 0 aliphatic carbocycles. The molecule has 3 atom stereocenters. The number of aliphatic hydroxyl groups excluding tert-OH is 2. The number of aliphatic hydroxyl groups is 2. The van der Waals surface area contributed by atoms with Crippen molar-refractivity contribution in [2.24, 2.45) is 5.92 Å². The topological polar surface area (TPSA) is 165 Å². The second-order valence-electron chi connectivity index (χ2n) is 8.38. The van der Waals surface area contributed by atoms with Crippen molar-refractivity contribution in [1.82, 2.24) is 0 Å². The Balaban J connectivity index is 0. The first-order valence-electron chi connectivity index (χ1n) is 11.8. The number of hydrogen-bond donors (Lipinski definition) is 2. The van der Waals surface area contributed by atoms with Gasteiger partial charge in [-0.2, -0.15) is 0 Å². The van der Waals surface area contributed by atoms with Gasteiger partial charge in [0.25, 0.3) is 5.76 Å². The molecule has 0 aromatic rings. The SMILES string of the molecule is CCCCCCCCC(CCCCCC)C(=O)OC[C@H](O)[C@H]1OC(=O)C(OP(=O)([O-])[O-])=C1O.[Na+].[Na+]. The first-order valence-corrected chi connectivity index (χ1v) is 13.3. The molecule has 0 aromatic heterocycles. The van der Waals surface area contributed by atoms with Crippen LogP contribution in [-0.2, 0) is 28.2 Å². The first kappa shape index (κ1) is 37.5. The second kappa shape index (κ2) is 20.4. The van der Waals surface area contributed by atoms with E-state index >= 15 is 0 Å². The molecule has 2 N–H and O–H groups in total. The third-order valence-corrected chi connectivity index (χ3v) is 5.92. The number of phosphoric acid groups is 1. The third kappa shape index (κ3) is 15.4. The van der Waals surface area contributed by atoms with Crippen molar-refractivity contribution in [3.05, 3.63) is 11.5 Å². The fraction of sp³-hybridized carbons (Fsp3) is 0.818. The molecular formula is C22H37Na2O10P. The molecule has 13 heteroatoms. The van der Waals surface area contributed by atoms with Gasteiger partial charge in [-0.15, -0.1) is 0 Å². The zero-order valence-corrected chi connectivity index (χ0v) is 26.4. The van der Waals surface area contributed by atoms with E-state index in [1.165, 1.54) is 12.8 Å². The summed E-state index contributed by atoms with van der Waals surface area (Å²) in [5, 5.41) is 20.1. The second-order valence-corrected chi connectivity index (χ2v) is 9.46. The Morgan fingerprint density at radius 1 is 1.00 bits per heavy atom. The maximum Gasteiger partial charge on any atom is 1.00 e. The Labute approximate surface area is 252 Å². The van der Waals surface area contributed by atoms with Crippen LogP contribution in [-0.4, -0.2) is 41.0 Å². The van der Waals surface area contributed by atoms with Gasteiger partial charge in [0, 0.05) is 0 Å². The standard InChI is InChI=1S/C22H39O10P.2Na/c1-3-5-7-9-10-12-14-16(13-11-8-6-4-2)21(25)30-15-17(23)19-18(24)20(22(26)31-19)32-33(27,28)29;;/h16-17,19,23-24H,3-15H2,1-2H3,(H2,27,28,29);;/q;2*+1/p-2/t16?,17-,19+;;/m0../s1. The van der Waals surface area contributed by atoms with Crippen molar-refractivity contribution >= 4 is 19.8 Å². The monoisotopic (exact) mass is 538 g/mol. The van der Waals surface area contributed by atoms with Gasteiger partial charge in [-0.3, -0.25) is 4.79 Å². The van der Waals surface area contributed by atoms with Crippen molar-refractivity contribution in [3.8, 4) is 0 Å². The number of cyclic esters (lactones) is 1. The van der Waals surface area contributed by atoms with Gasteiger partial charge < -0.3 is 38.6 Å². The van der Waals surface area contributed by atoms with E-state index in [1.54, 1.807) is 0 Å². The van der Waals surface area contributed by atoms with Gasteiger partial charge in [-0.05, 0) is 12.8 Å². The minimum atomic E-state index is -5.61. The smallest absolute Gasteiger partial charge is 0.780 e. The molecule has 1 unspecified atom stereocenters. The van der Waals surface area contributed by atoms with Gasteiger partial charge in [-0.25, -0.2) is 4.79 Å². The van der Waals surface area contributed by atoms with E-state index in [-0.39, 0.29) is 65.0 Å². The molecule has 1 aliphatic rings. The zero-order valence-electron chi connectivity index (χ0n) is 21.5. The summed E-state index contributed by atoms with van der Waals surface area (Å²) >= 11 is 0. The average molecular weight is 538 g/mol. The van der Waals surface area contributed by atoms with E-state index in [0.717, 1.165) is 51.4 Å². The molecule has 1 aliphatic heterocycles. The maximum absolute atomic E-state index is 12.6. The molecule has 1 rings (SSSR count). The molecule has 0 bridgehead atoms. The summed E-state index contributed by atoms with van der Waals surface area (Å²) in [7, 11) is -5.61. The maximum atomic E-state index is 12.6. The molecule has 0 radical (unpaired) electrons. The fourth-order valence-corrected chi connectivity index (χ4v) is 4.05. The Morgan fingerprint density at radius 3 is 2.00 bits per heavy atom. The van der Waals surface area contributed by atoms with Gasteiger partial charge in [0.2, 0.25) is 0 Å². The predicted molar refractivity (Wildman–Crippen MR) is 115 cm³/mol. The third-order valence-electron chi connectivity index (χ3n) is 5.52. The number of ether oxygens (including phenoxy) is 2. The molecule has 1 heterocycles. The minimum absolute atomic E-state index is 0. The number of rotatable bonds is 18. The largest absolute Gasteiger partial charge is 1.00 e. The molecule has 10 nitrogen and oxygen atoms in total. The molecule has 0 saturated heterocycles. The summed E-state index contributed by atoms with van der Waals surface area (Å²) in [6.45, 7) is 3.67.